The number of carbonyl (C=O) groups is 1. The van der Waals surface area contributed by atoms with Gasteiger partial charge >= 0.3 is 0 Å². The Morgan fingerprint density at radius 1 is 1.07 bits per heavy atom. The van der Waals surface area contributed by atoms with Crippen molar-refractivity contribution in [2.24, 2.45) is 5.92 Å². The number of ketones is 1. The number of thiocarbonyl (C=S) groups is 1. The molecular weight excluding hydrogens is 356 g/mol. The van der Waals surface area contributed by atoms with Crippen LogP contribution >= 0.6 is 12.2 Å². The van der Waals surface area contributed by atoms with E-state index in [0.717, 1.165) is 21.7 Å². The van der Waals surface area contributed by atoms with E-state index in [1.807, 2.05) is 38.1 Å². The van der Waals surface area contributed by atoms with E-state index in [2.05, 4.69) is 26.8 Å². The molecule has 3 nitrogen and oxygen atoms in total. The van der Waals surface area contributed by atoms with E-state index in [-0.39, 0.29) is 17.1 Å². The molecule has 0 saturated carbocycles. The van der Waals surface area contributed by atoms with Crippen LogP contribution in [-0.4, -0.2) is 23.9 Å². The minimum absolute atomic E-state index is 0.0126. The van der Waals surface area contributed by atoms with Crippen LogP contribution in [0, 0.1) is 5.92 Å². The van der Waals surface area contributed by atoms with Gasteiger partial charge in [0.2, 0.25) is 0 Å². The lowest BCUT2D eigenvalue weighted by molar-refractivity contribution is -0.115. The first-order valence-corrected chi connectivity index (χ1v) is 9.73. The Labute approximate surface area is 167 Å². The van der Waals surface area contributed by atoms with Crippen molar-refractivity contribution < 1.29 is 14.3 Å². The lowest BCUT2D eigenvalue weighted by atomic mass is 9.85. The molecule has 27 heavy (non-hydrogen) atoms. The Morgan fingerprint density at radius 2 is 1.67 bits per heavy atom. The minimum Gasteiger partial charge on any atom is -0.493 e. The van der Waals surface area contributed by atoms with Crippen molar-refractivity contribution in [2.45, 2.75) is 40.0 Å². The molecule has 0 N–H and O–H groups in total. The molecule has 0 spiro atoms. The second kappa shape index (κ2) is 9.14. The standard InChI is InChI=1S/C23H28O3S/c1-6-25-21-15-22(26-7-2)19(23(3,4)5)14-17(21)10-13-20(24)16-8-11-18(27)12-9-16/h8-16H,6-7H2,1-5H3/b13-10+. The second-order valence-corrected chi connectivity index (χ2v) is 7.86. The Hall–Kier alpha value is -2.20. The van der Waals surface area contributed by atoms with Crippen molar-refractivity contribution in [3.05, 3.63) is 53.6 Å². The van der Waals surface area contributed by atoms with Gasteiger partial charge in [0, 0.05) is 22.1 Å². The number of ether oxygens (including phenoxy) is 2. The summed E-state index contributed by atoms with van der Waals surface area (Å²) in [5.41, 5.74) is 1.87. The Morgan fingerprint density at radius 3 is 2.22 bits per heavy atom. The molecule has 1 aliphatic rings. The fourth-order valence-corrected chi connectivity index (χ4v) is 3.00. The van der Waals surface area contributed by atoms with E-state index in [1.165, 1.54) is 0 Å². The summed E-state index contributed by atoms with van der Waals surface area (Å²) in [6.45, 7) is 11.5. The van der Waals surface area contributed by atoms with Gasteiger partial charge in [-0.25, -0.2) is 0 Å². The number of benzene rings is 1. The van der Waals surface area contributed by atoms with Crippen LogP contribution in [0.1, 0.15) is 45.7 Å². The summed E-state index contributed by atoms with van der Waals surface area (Å²) in [6.07, 6.45) is 10.7. The number of hydrogen-bond donors (Lipinski definition) is 0. The molecule has 0 aromatic heterocycles. The molecule has 2 rings (SSSR count). The maximum absolute atomic E-state index is 12.5. The predicted molar refractivity (Wildman–Crippen MR) is 116 cm³/mol. The lowest BCUT2D eigenvalue weighted by Crippen LogP contribution is -2.14. The summed E-state index contributed by atoms with van der Waals surface area (Å²) in [5, 5.41) is 0. The fraction of sp³-hybridized carbons (Fsp3) is 0.391. The summed E-state index contributed by atoms with van der Waals surface area (Å²) in [4.78, 5) is 13.2. The quantitative estimate of drug-likeness (QED) is 0.461. The maximum Gasteiger partial charge on any atom is 0.166 e. The second-order valence-electron chi connectivity index (χ2n) is 7.38. The molecule has 0 radical (unpaired) electrons. The number of allylic oxidation sites excluding steroid dienone is 5. The topological polar surface area (TPSA) is 35.5 Å². The molecule has 0 unspecified atom stereocenters. The zero-order valence-electron chi connectivity index (χ0n) is 16.7. The van der Waals surface area contributed by atoms with E-state index in [0.29, 0.717) is 19.0 Å². The van der Waals surface area contributed by atoms with Crippen LogP contribution in [0.2, 0.25) is 0 Å². The van der Waals surface area contributed by atoms with Crippen molar-refractivity contribution >= 4 is 28.9 Å². The molecule has 4 heteroatoms. The normalized spacial score (nSPS) is 14.8. The average Bonchev–Trinajstić information content (AvgIpc) is 2.61. The zero-order valence-corrected chi connectivity index (χ0v) is 17.6. The van der Waals surface area contributed by atoms with Crippen molar-refractivity contribution in [1.82, 2.24) is 0 Å². The van der Waals surface area contributed by atoms with Crippen LogP contribution in [0.25, 0.3) is 6.08 Å². The monoisotopic (exact) mass is 384 g/mol. The zero-order chi connectivity index (χ0) is 20.0. The van der Waals surface area contributed by atoms with Crippen LogP contribution in [-0.2, 0) is 10.2 Å². The Bertz CT molecular complexity index is 779. The Balaban J connectivity index is 2.38. The van der Waals surface area contributed by atoms with Gasteiger partial charge in [-0.2, -0.15) is 0 Å². The third kappa shape index (κ3) is 5.64. The van der Waals surface area contributed by atoms with Crippen LogP contribution in [0.4, 0.5) is 0 Å². The first-order chi connectivity index (χ1) is 12.8. The summed E-state index contributed by atoms with van der Waals surface area (Å²) >= 11 is 5.08. The van der Waals surface area contributed by atoms with E-state index >= 15 is 0 Å². The molecule has 0 aliphatic heterocycles. The molecular formula is C23H28O3S. The lowest BCUT2D eigenvalue weighted by Gasteiger charge is -2.24. The van der Waals surface area contributed by atoms with Crippen molar-refractivity contribution in [2.75, 3.05) is 13.2 Å². The SMILES string of the molecule is CCOc1cc(OCC)c(C(C)(C)C)cc1/C=C/C(=O)C1C=CC(=S)C=C1. The highest BCUT2D eigenvalue weighted by molar-refractivity contribution is 7.81. The molecule has 0 amide bonds. The molecule has 0 saturated heterocycles. The van der Waals surface area contributed by atoms with Crippen molar-refractivity contribution in [3.63, 3.8) is 0 Å². The van der Waals surface area contributed by atoms with Gasteiger partial charge < -0.3 is 9.47 Å². The molecule has 1 aromatic carbocycles. The van der Waals surface area contributed by atoms with Gasteiger partial charge in [0.05, 0.1) is 19.1 Å². The predicted octanol–water partition coefficient (Wildman–Crippen LogP) is 5.48. The van der Waals surface area contributed by atoms with Crippen LogP contribution in [0.15, 0.2) is 42.5 Å². The smallest absolute Gasteiger partial charge is 0.166 e. The van der Waals surface area contributed by atoms with Crippen molar-refractivity contribution in [3.8, 4) is 11.5 Å². The third-order valence-corrected chi connectivity index (χ3v) is 4.48. The van der Waals surface area contributed by atoms with Gasteiger partial charge in [0.1, 0.15) is 11.5 Å². The highest BCUT2D eigenvalue weighted by atomic mass is 32.1. The molecule has 0 bridgehead atoms. The molecule has 144 valence electrons. The number of rotatable bonds is 7. The van der Waals surface area contributed by atoms with E-state index in [9.17, 15) is 4.79 Å². The summed E-state index contributed by atoms with van der Waals surface area (Å²) in [7, 11) is 0. The van der Waals surface area contributed by atoms with E-state index in [4.69, 9.17) is 21.7 Å². The van der Waals surface area contributed by atoms with Gasteiger partial charge in [-0.1, -0.05) is 45.1 Å². The van der Waals surface area contributed by atoms with Gasteiger partial charge in [-0.3, -0.25) is 4.79 Å². The average molecular weight is 385 g/mol. The highest BCUT2D eigenvalue weighted by Crippen LogP contribution is 2.37. The van der Waals surface area contributed by atoms with Crippen LogP contribution in [0.5, 0.6) is 11.5 Å². The van der Waals surface area contributed by atoms with Gasteiger partial charge in [-0.15, -0.1) is 0 Å². The van der Waals surface area contributed by atoms with Gasteiger partial charge in [0.15, 0.2) is 5.78 Å². The highest BCUT2D eigenvalue weighted by Gasteiger charge is 2.22. The van der Waals surface area contributed by atoms with Gasteiger partial charge in [-0.05, 0) is 49.6 Å². The van der Waals surface area contributed by atoms with Crippen LogP contribution in [0.3, 0.4) is 0 Å². The Kier molecular flexibility index (Phi) is 7.14. The molecule has 0 fully saturated rings. The van der Waals surface area contributed by atoms with E-state index < -0.39 is 0 Å². The largest absolute Gasteiger partial charge is 0.493 e. The van der Waals surface area contributed by atoms with Gasteiger partial charge in [0.25, 0.3) is 0 Å². The molecule has 1 aromatic rings. The number of carbonyl (C=O) groups excluding carboxylic acids is 1. The fourth-order valence-electron chi connectivity index (χ4n) is 2.84. The summed E-state index contributed by atoms with van der Waals surface area (Å²) in [6, 6.07) is 3.98. The summed E-state index contributed by atoms with van der Waals surface area (Å²) < 4.78 is 11.6. The van der Waals surface area contributed by atoms with Crippen LogP contribution < -0.4 is 9.47 Å². The first kappa shape index (κ1) is 21.1. The number of hydrogen-bond acceptors (Lipinski definition) is 4. The minimum atomic E-state index is -0.270. The summed E-state index contributed by atoms with van der Waals surface area (Å²) in [5.74, 6) is 1.28. The molecule has 1 aliphatic carbocycles. The van der Waals surface area contributed by atoms with Crippen molar-refractivity contribution in [1.29, 1.82) is 0 Å². The third-order valence-electron chi connectivity index (χ3n) is 4.21. The van der Waals surface area contributed by atoms with E-state index in [1.54, 1.807) is 18.2 Å². The molecule has 0 heterocycles. The maximum atomic E-state index is 12.5. The molecule has 0 atom stereocenters. The first-order valence-electron chi connectivity index (χ1n) is 9.32.